The van der Waals surface area contributed by atoms with Gasteiger partial charge in [0.25, 0.3) is 11.5 Å². The van der Waals surface area contributed by atoms with E-state index in [-0.39, 0.29) is 17.2 Å². The van der Waals surface area contributed by atoms with Gasteiger partial charge >= 0.3 is 0 Å². The van der Waals surface area contributed by atoms with E-state index in [0.29, 0.717) is 21.8 Å². The highest BCUT2D eigenvalue weighted by Gasteiger charge is 2.27. The number of rotatable bonds is 2. The zero-order valence-electron chi connectivity index (χ0n) is 14.6. The Labute approximate surface area is 163 Å². The fourth-order valence-corrected chi connectivity index (χ4v) is 5.49. The Bertz CT molecular complexity index is 1190. The molecule has 2 aromatic heterocycles. The van der Waals surface area contributed by atoms with Crippen LogP contribution in [-0.4, -0.2) is 27.5 Å². The van der Waals surface area contributed by atoms with Crippen LogP contribution in [0.5, 0.6) is 0 Å². The Morgan fingerprint density at radius 2 is 2.04 bits per heavy atom. The molecular weight excluding hydrogens is 380 g/mol. The number of aryl methyl sites for hydroxylation is 2. The van der Waals surface area contributed by atoms with E-state index in [0.717, 1.165) is 36.1 Å². The minimum Gasteiger partial charge on any atom is -0.320 e. The monoisotopic (exact) mass is 396 g/mol. The van der Waals surface area contributed by atoms with Crippen molar-refractivity contribution in [3.8, 4) is 0 Å². The number of hydrogen-bond acceptors (Lipinski definition) is 6. The summed E-state index contributed by atoms with van der Waals surface area (Å²) >= 11 is 2.97. The molecule has 5 rings (SSSR count). The Morgan fingerprint density at radius 3 is 2.89 bits per heavy atom. The molecule has 6 nitrogen and oxygen atoms in total. The summed E-state index contributed by atoms with van der Waals surface area (Å²) in [5, 5.41) is 8.42. The van der Waals surface area contributed by atoms with E-state index in [1.54, 1.807) is 11.3 Å². The van der Waals surface area contributed by atoms with Gasteiger partial charge in [0.15, 0.2) is 10.9 Å². The van der Waals surface area contributed by atoms with Gasteiger partial charge in [0.1, 0.15) is 4.83 Å². The number of nitrogens with zero attached hydrogens (tertiary/aromatic N) is 3. The summed E-state index contributed by atoms with van der Waals surface area (Å²) in [6.07, 6.45) is 6.02. The lowest BCUT2D eigenvalue weighted by Gasteiger charge is -2.10. The van der Waals surface area contributed by atoms with Crippen LogP contribution >= 0.6 is 23.1 Å². The molecule has 0 bridgehead atoms. The Hall–Kier alpha value is -2.45. The number of anilines is 1. The first-order chi connectivity index (χ1) is 13.2. The van der Waals surface area contributed by atoms with Crippen molar-refractivity contribution in [2.24, 2.45) is 5.10 Å². The number of amides is 1. The molecule has 3 heterocycles. The van der Waals surface area contributed by atoms with Crippen molar-refractivity contribution in [3.63, 3.8) is 0 Å². The van der Waals surface area contributed by atoms with E-state index in [1.807, 2.05) is 30.5 Å². The number of nitrogens with one attached hydrogen (secondary N) is 1. The van der Waals surface area contributed by atoms with Crippen LogP contribution < -0.4 is 10.9 Å². The quantitative estimate of drug-likeness (QED) is 0.533. The molecular formula is C19H16N4O2S2. The second-order valence-corrected chi connectivity index (χ2v) is 8.41. The average Bonchev–Trinajstić information content (AvgIpc) is 3.21. The molecule has 0 saturated carbocycles. The third-order valence-electron chi connectivity index (χ3n) is 4.97. The minimum atomic E-state index is -0.303. The molecule has 1 N–H and O–H groups in total. The number of aromatic nitrogens is 2. The summed E-state index contributed by atoms with van der Waals surface area (Å²) in [6.45, 7) is 0. The predicted octanol–water partition coefficient (Wildman–Crippen LogP) is 3.26. The molecule has 1 amide bonds. The summed E-state index contributed by atoms with van der Waals surface area (Å²) in [5.41, 5.74) is 2.59. The molecule has 136 valence electrons. The van der Waals surface area contributed by atoms with Crippen LogP contribution in [0.4, 0.5) is 5.69 Å². The second-order valence-electron chi connectivity index (χ2n) is 6.55. The lowest BCUT2D eigenvalue weighted by atomic mass is 9.97. The number of carbonyl (C=O) groups is 1. The molecule has 3 aromatic rings. The first-order valence-electron chi connectivity index (χ1n) is 8.78. The Balaban J connectivity index is 1.77. The largest absolute Gasteiger partial charge is 0.320 e. The Kier molecular flexibility index (Phi) is 3.91. The number of thioether (sulfide) groups is 1. The second kappa shape index (κ2) is 6.31. The number of para-hydroxylation sites is 1. The van der Waals surface area contributed by atoms with Gasteiger partial charge < -0.3 is 5.32 Å². The highest BCUT2D eigenvalue weighted by atomic mass is 32.2. The molecule has 0 fully saturated rings. The van der Waals surface area contributed by atoms with Crippen molar-refractivity contribution < 1.29 is 4.79 Å². The topological polar surface area (TPSA) is 76.3 Å². The summed E-state index contributed by atoms with van der Waals surface area (Å²) < 4.78 is 1.30. The third kappa shape index (κ3) is 2.55. The molecule has 0 radical (unpaired) electrons. The highest BCUT2D eigenvalue weighted by molar-refractivity contribution is 7.98. The van der Waals surface area contributed by atoms with Gasteiger partial charge in [-0.25, -0.2) is 4.98 Å². The van der Waals surface area contributed by atoms with Crippen LogP contribution in [0.1, 0.15) is 28.8 Å². The lowest BCUT2D eigenvalue weighted by Crippen LogP contribution is -2.24. The predicted molar refractivity (Wildman–Crippen MR) is 109 cm³/mol. The van der Waals surface area contributed by atoms with Crippen molar-refractivity contribution in [2.45, 2.75) is 30.8 Å². The molecule has 0 atom stereocenters. The lowest BCUT2D eigenvalue weighted by molar-refractivity contribution is -0.110. The van der Waals surface area contributed by atoms with Crippen molar-refractivity contribution in [1.82, 2.24) is 9.66 Å². The van der Waals surface area contributed by atoms with E-state index in [4.69, 9.17) is 0 Å². The maximum absolute atomic E-state index is 13.3. The van der Waals surface area contributed by atoms with Crippen molar-refractivity contribution in [3.05, 3.63) is 50.6 Å². The zero-order chi connectivity index (χ0) is 18.5. The number of hydrogen-bond donors (Lipinski definition) is 1. The van der Waals surface area contributed by atoms with Gasteiger partial charge in [-0.1, -0.05) is 30.0 Å². The summed E-state index contributed by atoms with van der Waals surface area (Å²) in [4.78, 5) is 32.5. The molecule has 27 heavy (non-hydrogen) atoms. The fourth-order valence-electron chi connectivity index (χ4n) is 3.70. The van der Waals surface area contributed by atoms with Crippen molar-refractivity contribution >= 4 is 50.6 Å². The van der Waals surface area contributed by atoms with Crippen molar-refractivity contribution in [2.75, 3.05) is 11.6 Å². The Morgan fingerprint density at radius 1 is 1.22 bits per heavy atom. The van der Waals surface area contributed by atoms with Crippen LogP contribution in [0.3, 0.4) is 0 Å². The number of carbonyl (C=O) groups excluding carboxylic acids is 1. The smallest absolute Gasteiger partial charge is 0.283 e. The molecule has 8 heteroatoms. The van der Waals surface area contributed by atoms with Gasteiger partial charge in [-0.2, -0.15) is 9.78 Å². The molecule has 0 spiro atoms. The van der Waals surface area contributed by atoms with E-state index in [9.17, 15) is 9.59 Å². The van der Waals surface area contributed by atoms with Gasteiger partial charge in [0.2, 0.25) is 0 Å². The first-order valence-corrected chi connectivity index (χ1v) is 10.8. The summed E-state index contributed by atoms with van der Waals surface area (Å²) in [5.74, 6) is -0.303. The van der Waals surface area contributed by atoms with E-state index in [1.165, 1.54) is 21.3 Å². The summed E-state index contributed by atoms with van der Waals surface area (Å²) in [6, 6.07) is 7.36. The normalized spacial score (nSPS) is 17.2. The maximum atomic E-state index is 13.3. The van der Waals surface area contributed by atoms with Gasteiger partial charge in [0.05, 0.1) is 11.1 Å². The van der Waals surface area contributed by atoms with Crippen LogP contribution in [0.2, 0.25) is 0 Å². The van der Waals surface area contributed by atoms with E-state index >= 15 is 0 Å². The average molecular weight is 396 g/mol. The van der Waals surface area contributed by atoms with Gasteiger partial charge in [-0.05, 0) is 43.6 Å². The molecule has 0 unspecified atom stereocenters. The number of thiophene rings is 1. The molecule has 1 aliphatic carbocycles. The standard InChI is InChI=1S/C19H16N4O2S2/c1-26-19-21-17-14(11-7-3-5-9-13(11)27-17)18(25)23(19)22-15-10-6-2-4-8-12(10)20-16(15)24/h2,4,6,8H,3,5,7,9H2,1H3,(H,20,22,24). The first kappa shape index (κ1) is 16.7. The van der Waals surface area contributed by atoms with Crippen molar-refractivity contribution in [1.29, 1.82) is 0 Å². The minimum absolute atomic E-state index is 0.187. The van der Waals surface area contributed by atoms with E-state index in [2.05, 4.69) is 15.4 Å². The SMILES string of the molecule is CSc1nc2sc3c(c2c(=O)n1/N=C1\C(=O)Nc2ccccc21)CCCC3. The van der Waals surface area contributed by atoms with Gasteiger partial charge in [0, 0.05) is 10.4 Å². The number of benzene rings is 1. The molecule has 2 aliphatic rings. The highest BCUT2D eigenvalue weighted by Crippen LogP contribution is 2.34. The van der Waals surface area contributed by atoms with Gasteiger partial charge in [-0.15, -0.1) is 11.3 Å². The van der Waals surface area contributed by atoms with Crippen LogP contribution in [0, 0.1) is 0 Å². The molecule has 1 aliphatic heterocycles. The third-order valence-corrected chi connectivity index (χ3v) is 6.78. The fraction of sp³-hybridized carbons (Fsp3) is 0.263. The van der Waals surface area contributed by atoms with Gasteiger partial charge in [-0.3, -0.25) is 9.59 Å². The van der Waals surface area contributed by atoms with Crippen LogP contribution in [0.15, 0.2) is 39.3 Å². The molecule has 0 saturated heterocycles. The van der Waals surface area contributed by atoms with E-state index < -0.39 is 0 Å². The maximum Gasteiger partial charge on any atom is 0.283 e. The van der Waals surface area contributed by atoms with Crippen LogP contribution in [0.25, 0.3) is 10.2 Å². The summed E-state index contributed by atoms with van der Waals surface area (Å²) in [7, 11) is 0. The molecule has 1 aromatic carbocycles. The number of fused-ring (bicyclic) bond motifs is 4. The van der Waals surface area contributed by atoms with Crippen LogP contribution in [-0.2, 0) is 17.6 Å². The zero-order valence-corrected chi connectivity index (χ0v) is 16.2.